The van der Waals surface area contributed by atoms with E-state index in [1.807, 2.05) is 0 Å². The molecule has 9 nitrogen and oxygen atoms in total. The van der Waals surface area contributed by atoms with Crippen LogP contribution < -0.4 is 0 Å². The average Bonchev–Trinajstić information content (AvgIpc) is 2.73. The molecule has 9 heteroatoms. The molecule has 1 aliphatic heterocycles. The maximum absolute atomic E-state index is 12.6. The van der Waals surface area contributed by atoms with Crippen LogP contribution in [0.3, 0.4) is 0 Å². The second kappa shape index (κ2) is 8.99. The predicted molar refractivity (Wildman–Crippen MR) is 103 cm³/mol. The van der Waals surface area contributed by atoms with Crippen molar-refractivity contribution in [1.82, 2.24) is 0 Å². The summed E-state index contributed by atoms with van der Waals surface area (Å²) < 4.78 is 5.39. The molecule has 5 atom stereocenters. The zero-order valence-electron chi connectivity index (χ0n) is 15.9. The fourth-order valence-electron chi connectivity index (χ4n) is 3.50. The molecule has 1 saturated heterocycles. The summed E-state index contributed by atoms with van der Waals surface area (Å²) in [6.07, 6.45) is -7.37. The van der Waals surface area contributed by atoms with Crippen LogP contribution in [0.2, 0.25) is 0 Å². The Morgan fingerprint density at radius 2 is 1.57 bits per heavy atom. The number of benzene rings is 2. The van der Waals surface area contributed by atoms with E-state index >= 15 is 0 Å². The van der Waals surface area contributed by atoms with Gasteiger partial charge in [0.25, 0.3) is 0 Å². The van der Waals surface area contributed by atoms with E-state index in [2.05, 4.69) is 0 Å². The predicted octanol–water partition coefficient (Wildman–Crippen LogP) is 0.134. The lowest BCUT2D eigenvalue weighted by Crippen LogP contribution is -2.55. The van der Waals surface area contributed by atoms with E-state index in [-0.39, 0.29) is 23.3 Å². The molecule has 2 aromatic rings. The first-order valence-electron chi connectivity index (χ1n) is 9.41. The van der Waals surface area contributed by atoms with E-state index in [0.717, 1.165) is 11.6 Å². The third-order valence-corrected chi connectivity index (χ3v) is 5.25. The Balaban J connectivity index is 1.85. The third-order valence-electron chi connectivity index (χ3n) is 5.25. The average molecular weight is 420 g/mol. The molecule has 1 aliphatic rings. The molecule has 0 bridgehead atoms. The van der Waals surface area contributed by atoms with Crippen LogP contribution in [0.25, 0.3) is 0 Å². The van der Waals surface area contributed by atoms with Crippen LogP contribution in [0.15, 0.2) is 36.4 Å². The molecule has 30 heavy (non-hydrogen) atoms. The second-order valence-electron chi connectivity index (χ2n) is 7.23. The van der Waals surface area contributed by atoms with Crippen molar-refractivity contribution in [2.24, 2.45) is 0 Å². The number of carbonyl (C=O) groups excluding carboxylic acids is 1. The van der Waals surface area contributed by atoms with Crippen molar-refractivity contribution >= 4 is 5.78 Å². The molecule has 2 aromatic carbocycles. The van der Waals surface area contributed by atoms with Crippen molar-refractivity contribution in [3.63, 3.8) is 0 Å². The number of ketones is 1. The minimum Gasteiger partial charge on any atom is -0.508 e. The van der Waals surface area contributed by atoms with Gasteiger partial charge in [0.1, 0.15) is 47.8 Å². The van der Waals surface area contributed by atoms with Crippen LogP contribution in [-0.4, -0.2) is 72.6 Å². The third kappa shape index (κ3) is 4.25. The summed E-state index contributed by atoms with van der Waals surface area (Å²) in [6.45, 7) is -0.672. The van der Waals surface area contributed by atoms with E-state index < -0.39 is 54.4 Å². The summed E-state index contributed by atoms with van der Waals surface area (Å²) in [4.78, 5) is 12.6. The maximum Gasteiger partial charge on any atom is 0.166 e. The number of aryl methyl sites for hydroxylation is 1. The Morgan fingerprint density at radius 1 is 0.900 bits per heavy atom. The second-order valence-corrected chi connectivity index (χ2v) is 7.23. The van der Waals surface area contributed by atoms with Crippen molar-refractivity contribution in [3.05, 3.63) is 53.1 Å². The van der Waals surface area contributed by atoms with Crippen LogP contribution in [0, 0.1) is 0 Å². The van der Waals surface area contributed by atoms with E-state index in [1.54, 1.807) is 12.1 Å². The van der Waals surface area contributed by atoms with Gasteiger partial charge >= 0.3 is 0 Å². The molecule has 162 valence electrons. The number of carbonyl (C=O) groups is 1. The van der Waals surface area contributed by atoms with Crippen molar-refractivity contribution in [1.29, 1.82) is 0 Å². The highest BCUT2D eigenvalue weighted by Gasteiger charge is 2.46. The van der Waals surface area contributed by atoms with Crippen molar-refractivity contribution in [3.8, 4) is 17.2 Å². The number of phenolic OH excluding ortho intramolecular Hbond substituents is 3. The lowest BCUT2D eigenvalue weighted by atomic mass is 9.88. The summed E-state index contributed by atoms with van der Waals surface area (Å²) in [6, 6.07) is 8.71. The van der Waals surface area contributed by atoms with Crippen LogP contribution >= 0.6 is 0 Å². The largest absolute Gasteiger partial charge is 0.508 e. The molecule has 1 heterocycles. The highest BCUT2D eigenvalue weighted by atomic mass is 16.5. The molecule has 3 rings (SSSR count). The van der Waals surface area contributed by atoms with Gasteiger partial charge in [-0.25, -0.2) is 0 Å². The topological polar surface area (TPSA) is 168 Å². The van der Waals surface area contributed by atoms with Gasteiger partial charge < -0.3 is 40.5 Å². The van der Waals surface area contributed by atoms with Gasteiger partial charge in [0.05, 0.1) is 17.7 Å². The number of hydrogen-bond donors (Lipinski definition) is 7. The van der Waals surface area contributed by atoms with Gasteiger partial charge in [-0.1, -0.05) is 12.1 Å². The van der Waals surface area contributed by atoms with Crippen molar-refractivity contribution < 1.29 is 45.3 Å². The Kier molecular flexibility index (Phi) is 6.59. The Bertz CT molecular complexity index is 894. The minimum absolute atomic E-state index is 0.0250. The van der Waals surface area contributed by atoms with Gasteiger partial charge in [-0.2, -0.15) is 0 Å². The Hall–Kier alpha value is -2.69. The molecule has 0 radical (unpaired) electrons. The lowest BCUT2D eigenvalue weighted by Gasteiger charge is -2.40. The molecular formula is C21H24O9. The first-order chi connectivity index (χ1) is 14.2. The summed E-state index contributed by atoms with van der Waals surface area (Å²) in [5.41, 5.74) is 0.370. The number of hydrogen-bond acceptors (Lipinski definition) is 9. The van der Waals surface area contributed by atoms with Gasteiger partial charge in [0, 0.05) is 6.42 Å². The highest BCUT2D eigenvalue weighted by Crippen LogP contribution is 2.43. The Morgan fingerprint density at radius 3 is 2.20 bits per heavy atom. The zero-order chi connectivity index (χ0) is 22.0. The molecule has 7 N–H and O–H groups in total. The number of aliphatic hydroxyl groups is 4. The van der Waals surface area contributed by atoms with Gasteiger partial charge in [0.15, 0.2) is 5.78 Å². The summed E-state index contributed by atoms with van der Waals surface area (Å²) in [5, 5.41) is 69.7. The molecule has 0 aromatic heterocycles. The molecule has 0 unspecified atom stereocenters. The molecule has 0 aliphatic carbocycles. The SMILES string of the molecule is O=C(CCc1ccc(O)cc1)c1ccc(O)c([C@@H]2O[C@H](CO)[C@@H](O)[C@H](O)[C@H]2O)c1O. The zero-order valence-corrected chi connectivity index (χ0v) is 15.9. The van der Waals surface area contributed by atoms with Crippen molar-refractivity contribution in [2.45, 2.75) is 43.4 Å². The smallest absolute Gasteiger partial charge is 0.166 e. The van der Waals surface area contributed by atoms with Gasteiger partial charge in [-0.15, -0.1) is 0 Å². The monoisotopic (exact) mass is 420 g/mol. The van der Waals surface area contributed by atoms with Crippen LogP contribution in [0.1, 0.15) is 34.0 Å². The molecular weight excluding hydrogens is 396 g/mol. The lowest BCUT2D eigenvalue weighted by molar-refractivity contribution is -0.232. The molecule has 0 amide bonds. The first-order valence-corrected chi connectivity index (χ1v) is 9.41. The standard InChI is InChI=1S/C21H24O9/c22-9-15-18(27)19(28)20(29)21(30-15)16-14(25)8-6-12(17(16)26)13(24)7-3-10-1-4-11(23)5-2-10/h1-2,4-6,8,15,18-23,25-29H,3,7,9H2/t15-,18-,19+,20-,21+/m1/s1. The molecule has 0 saturated carbocycles. The molecule has 0 spiro atoms. The van der Waals surface area contributed by atoms with Gasteiger partial charge in [-0.3, -0.25) is 4.79 Å². The Labute approximate surface area is 172 Å². The van der Waals surface area contributed by atoms with E-state index in [4.69, 9.17) is 4.74 Å². The molecule has 1 fully saturated rings. The van der Waals surface area contributed by atoms with Crippen LogP contribution in [0.5, 0.6) is 17.2 Å². The summed E-state index contributed by atoms with van der Waals surface area (Å²) in [7, 11) is 0. The van der Waals surface area contributed by atoms with Crippen LogP contribution in [0.4, 0.5) is 0 Å². The fraction of sp³-hybridized carbons (Fsp3) is 0.381. The quantitative estimate of drug-likeness (QED) is 0.321. The van der Waals surface area contributed by atoms with Crippen LogP contribution in [-0.2, 0) is 11.2 Å². The number of aromatic hydroxyl groups is 3. The normalized spacial score (nSPS) is 26.5. The fourth-order valence-corrected chi connectivity index (χ4v) is 3.50. The minimum atomic E-state index is -1.72. The van der Waals surface area contributed by atoms with Crippen molar-refractivity contribution in [2.75, 3.05) is 6.61 Å². The number of Topliss-reactive ketones (excluding diaryl/α,β-unsaturated/α-hetero) is 1. The number of ether oxygens (including phenoxy) is 1. The summed E-state index contributed by atoms with van der Waals surface area (Å²) in [5.74, 6) is -1.43. The van der Waals surface area contributed by atoms with Gasteiger partial charge in [0.2, 0.25) is 0 Å². The number of aliphatic hydroxyl groups excluding tert-OH is 4. The van der Waals surface area contributed by atoms with E-state index in [0.29, 0.717) is 6.42 Å². The van der Waals surface area contributed by atoms with E-state index in [9.17, 15) is 40.5 Å². The first kappa shape index (κ1) is 22.0. The highest BCUT2D eigenvalue weighted by molar-refractivity contribution is 5.99. The maximum atomic E-state index is 12.6. The number of rotatable bonds is 6. The number of phenols is 3. The van der Waals surface area contributed by atoms with E-state index in [1.165, 1.54) is 18.2 Å². The summed E-state index contributed by atoms with van der Waals surface area (Å²) >= 11 is 0. The van der Waals surface area contributed by atoms with Gasteiger partial charge in [-0.05, 0) is 36.2 Å².